The highest BCUT2D eigenvalue weighted by molar-refractivity contribution is 5.54. The molecule has 19 heavy (non-hydrogen) atoms. The van der Waals surface area contributed by atoms with Crippen LogP contribution in [-0.2, 0) is 13.0 Å². The van der Waals surface area contributed by atoms with Crippen LogP contribution in [0.3, 0.4) is 0 Å². The Morgan fingerprint density at radius 3 is 2.53 bits per heavy atom. The van der Waals surface area contributed by atoms with Crippen molar-refractivity contribution in [2.24, 2.45) is 0 Å². The molecule has 0 aliphatic carbocycles. The van der Waals surface area contributed by atoms with Crippen molar-refractivity contribution in [3.05, 3.63) is 41.9 Å². The largest absolute Gasteiger partial charge is 0.310 e. The number of hydrogen-bond donors (Lipinski definition) is 1. The molecule has 0 aliphatic heterocycles. The van der Waals surface area contributed by atoms with Gasteiger partial charge in [0.1, 0.15) is 5.69 Å². The van der Waals surface area contributed by atoms with Crippen molar-refractivity contribution in [1.82, 2.24) is 20.3 Å². The first-order chi connectivity index (χ1) is 9.20. The Hall–Kier alpha value is -1.81. The van der Waals surface area contributed by atoms with E-state index in [0.717, 1.165) is 24.2 Å². The van der Waals surface area contributed by atoms with Crippen LogP contribution in [0, 0.1) is 0 Å². The fourth-order valence-corrected chi connectivity index (χ4v) is 1.82. The fourth-order valence-electron chi connectivity index (χ4n) is 1.82. The molecule has 0 saturated carbocycles. The van der Waals surface area contributed by atoms with Crippen LogP contribution in [-0.4, -0.2) is 21.0 Å². The van der Waals surface area contributed by atoms with E-state index in [1.807, 2.05) is 18.5 Å². The van der Waals surface area contributed by atoms with E-state index in [2.05, 4.69) is 47.1 Å². The van der Waals surface area contributed by atoms with Gasteiger partial charge in [0, 0.05) is 36.7 Å². The number of aromatic nitrogens is 3. The monoisotopic (exact) mass is 256 g/mol. The average molecular weight is 256 g/mol. The molecule has 4 nitrogen and oxygen atoms in total. The van der Waals surface area contributed by atoms with Gasteiger partial charge in [-0.05, 0) is 18.1 Å². The van der Waals surface area contributed by atoms with Gasteiger partial charge in [-0.15, -0.1) is 0 Å². The molecular formula is C15H20N4. The van der Waals surface area contributed by atoms with Gasteiger partial charge in [-0.3, -0.25) is 4.98 Å². The number of pyridine rings is 1. The molecule has 0 radical (unpaired) electrons. The van der Waals surface area contributed by atoms with Gasteiger partial charge >= 0.3 is 0 Å². The third-order valence-corrected chi connectivity index (χ3v) is 2.90. The third kappa shape index (κ3) is 3.58. The van der Waals surface area contributed by atoms with Gasteiger partial charge < -0.3 is 5.32 Å². The molecule has 2 rings (SSSR count). The van der Waals surface area contributed by atoms with Gasteiger partial charge in [0.2, 0.25) is 0 Å². The van der Waals surface area contributed by atoms with Crippen LogP contribution in [0.1, 0.15) is 31.9 Å². The number of nitrogens with one attached hydrogen (secondary N) is 1. The molecule has 0 saturated heterocycles. The van der Waals surface area contributed by atoms with Crippen LogP contribution in [0.5, 0.6) is 0 Å². The second-order valence-electron chi connectivity index (χ2n) is 4.82. The first kappa shape index (κ1) is 13.6. The average Bonchev–Trinajstić information content (AvgIpc) is 2.45. The van der Waals surface area contributed by atoms with Crippen LogP contribution in [0.15, 0.2) is 30.7 Å². The van der Waals surface area contributed by atoms with Gasteiger partial charge in [0.05, 0.1) is 0 Å². The molecule has 0 bridgehead atoms. The molecule has 0 fully saturated rings. The van der Waals surface area contributed by atoms with E-state index < -0.39 is 0 Å². The highest BCUT2D eigenvalue weighted by atomic mass is 14.9. The van der Waals surface area contributed by atoms with Crippen molar-refractivity contribution in [2.75, 3.05) is 0 Å². The van der Waals surface area contributed by atoms with Gasteiger partial charge in [-0.2, -0.15) is 0 Å². The highest BCUT2D eigenvalue weighted by Gasteiger charge is 2.07. The number of hydrogen-bond acceptors (Lipinski definition) is 4. The maximum Gasteiger partial charge on any atom is 0.178 e. The molecule has 2 aromatic rings. The van der Waals surface area contributed by atoms with Gasteiger partial charge in [0.25, 0.3) is 0 Å². The summed E-state index contributed by atoms with van der Waals surface area (Å²) in [5.74, 6) is 0.700. The summed E-state index contributed by atoms with van der Waals surface area (Å²) in [6.45, 7) is 7.15. The third-order valence-electron chi connectivity index (χ3n) is 2.90. The predicted octanol–water partition coefficient (Wildman–Crippen LogP) is 2.60. The Kier molecular flexibility index (Phi) is 4.58. The Morgan fingerprint density at radius 2 is 1.89 bits per heavy atom. The molecule has 1 N–H and O–H groups in total. The Bertz CT molecular complexity index is 520. The van der Waals surface area contributed by atoms with E-state index in [-0.39, 0.29) is 0 Å². The van der Waals surface area contributed by atoms with Gasteiger partial charge in [-0.1, -0.05) is 26.8 Å². The van der Waals surface area contributed by atoms with E-state index in [0.29, 0.717) is 11.9 Å². The van der Waals surface area contributed by atoms with Crippen molar-refractivity contribution < 1.29 is 0 Å². The Balaban J connectivity index is 2.18. The van der Waals surface area contributed by atoms with Crippen molar-refractivity contribution in [2.45, 2.75) is 39.8 Å². The van der Waals surface area contributed by atoms with Gasteiger partial charge in [-0.25, -0.2) is 9.97 Å². The molecule has 0 aromatic carbocycles. The molecule has 100 valence electrons. The minimum atomic E-state index is 0.460. The summed E-state index contributed by atoms with van der Waals surface area (Å²) in [5.41, 5.74) is 3.15. The minimum absolute atomic E-state index is 0.460. The Labute approximate surface area is 114 Å². The zero-order chi connectivity index (χ0) is 13.7. The van der Waals surface area contributed by atoms with Gasteiger partial charge in [0.15, 0.2) is 5.82 Å². The van der Waals surface area contributed by atoms with Crippen LogP contribution in [0.2, 0.25) is 0 Å². The first-order valence-corrected chi connectivity index (χ1v) is 6.69. The molecule has 0 aliphatic rings. The molecule has 4 heteroatoms. The zero-order valence-electron chi connectivity index (χ0n) is 11.7. The quantitative estimate of drug-likeness (QED) is 0.893. The summed E-state index contributed by atoms with van der Waals surface area (Å²) in [7, 11) is 0. The van der Waals surface area contributed by atoms with Crippen LogP contribution in [0.4, 0.5) is 0 Å². The topological polar surface area (TPSA) is 50.7 Å². The lowest BCUT2D eigenvalue weighted by atomic mass is 10.1. The first-order valence-electron chi connectivity index (χ1n) is 6.69. The number of aryl methyl sites for hydroxylation is 1. The predicted molar refractivity (Wildman–Crippen MR) is 76.6 cm³/mol. The SMILES string of the molecule is CCc1cccnc1-c1ncc(CNC(C)C)cn1. The van der Waals surface area contributed by atoms with E-state index in [9.17, 15) is 0 Å². The summed E-state index contributed by atoms with van der Waals surface area (Å²) in [4.78, 5) is 13.2. The van der Waals surface area contributed by atoms with E-state index in [4.69, 9.17) is 0 Å². The normalized spacial score (nSPS) is 10.9. The summed E-state index contributed by atoms with van der Waals surface area (Å²) in [5, 5.41) is 3.35. The number of rotatable bonds is 5. The van der Waals surface area contributed by atoms with E-state index in [1.54, 1.807) is 6.20 Å². The molecule has 0 unspecified atom stereocenters. The zero-order valence-corrected chi connectivity index (χ0v) is 11.7. The molecular weight excluding hydrogens is 236 g/mol. The molecule has 0 spiro atoms. The second-order valence-corrected chi connectivity index (χ2v) is 4.82. The summed E-state index contributed by atoms with van der Waals surface area (Å²) in [6, 6.07) is 4.48. The lowest BCUT2D eigenvalue weighted by Crippen LogP contribution is -2.22. The smallest absolute Gasteiger partial charge is 0.178 e. The fraction of sp³-hybridized carbons (Fsp3) is 0.400. The molecule has 0 amide bonds. The summed E-state index contributed by atoms with van der Waals surface area (Å²) >= 11 is 0. The summed E-state index contributed by atoms with van der Waals surface area (Å²) < 4.78 is 0. The van der Waals surface area contributed by atoms with Crippen molar-refractivity contribution >= 4 is 0 Å². The number of nitrogens with zero attached hydrogens (tertiary/aromatic N) is 3. The van der Waals surface area contributed by atoms with Crippen molar-refractivity contribution in [3.63, 3.8) is 0 Å². The lowest BCUT2D eigenvalue weighted by molar-refractivity contribution is 0.587. The lowest BCUT2D eigenvalue weighted by Gasteiger charge is -2.08. The summed E-state index contributed by atoms with van der Waals surface area (Å²) in [6.07, 6.45) is 6.45. The van der Waals surface area contributed by atoms with Crippen molar-refractivity contribution in [3.8, 4) is 11.5 Å². The second kappa shape index (κ2) is 6.38. The van der Waals surface area contributed by atoms with E-state index in [1.165, 1.54) is 5.56 Å². The molecule has 0 atom stereocenters. The highest BCUT2D eigenvalue weighted by Crippen LogP contribution is 2.17. The maximum atomic E-state index is 4.42. The van der Waals surface area contributed by atoms with E-state index >= 15 is 0 Å². The Morgan fingerprint density at radius 1 is 1.16 bits per heavy atom. The molecule has 2 aromatic heterocycles. The van der Waals surface area contributed by atoms with Crippen LogP contribution < -0.4 is 5.32 Å². The maximum absolute atomic E-state index is 4.42. The van der Waals surface area contributed by atoms with Crippen molar-refractivity contribution in [1.29, 1.82) is 0 Å². The van der Waals surface area contributed by atoms with Crippen LogP contribution >= 0.6 is 0 Å². The standard InChI is InChI=1S/C15H20N4/c1-4-13-6-5-7-16-14(13)15-18-9-12(10-19-15)8-17-11(2)3/h5-7,9-11,17H,4,8H2,1-3H3. The molecule has 2 heterocycles. The van der Waals surface area contributed by atoms with Crippen LogP contribution in [0.25, 0.3) is 11.5 Å². The minimum Gasteiger partial charge on any atom is -0.310 e.